The monoisotopic (exact) mass is 446 g/mol. The molecule has 4 heteroatoms. The first kappa shape index (κ1) is 24.0. The van der Waals surface area contributed by atoms with E-state index in [1.54, 1.807) is 30.5 Å². The van der Waals surface area contributed by atoms with Crippen LogP contribution >= 0.6 is 0 Å². The van der Waals surface area contributed by atoms with Gasteiger partial charge in [0.1, 0.15) is 0 Å². The molecule has 0 amide bonds. The molecule has 4 aromatic rings. The average molecular weight is 447 g/mol. The van der Waals surface area contributed by atoms with Crippen molar-refractivity contribution in [2.75, 3.05) is 5.32 Å². The molecule has 4 aromatic carbocycles. The Balaban J connectivity index is 0.000000240. The summed E-state index contributed by atoms with van der Waals surface area (Å²) in [7, 11) is 0. The smallest absolute Gasteiger partial charge is 0.872 e. The first-order valence-electron chi connectivity index (χ1n) is 10.8. The Kier molecular flexibility index (Phi) is 9.62. The molecule has 4 nitrogen and oxygen atoms in total. The van der Waals surface area contributed by atoms with E-state index >= 15 is 0 Å². The number of aliphatic imine (C=N–C) groups is 1. The molecule has 0 aliphatic carbocycles. The van der Waals surface area contributed by atoms with Gasteiger partial charge in [-0.2, -0.15) is 0 Å². The molecule has 0 spiro atoms. The van der Waals surface area contributed by atoms with Gasteiger partial charge in [0.25, 0.3) is 0 Å². The minimum Gasteiger partial charge on any atom is -0.872 e. The number of anilines is 1. The van der Waals surface area contributed by atoms with Crippen LogP contribution in [0.2, 0.25) is 0 Å². The predicted molar refractivity (Wildman–Crippen MR) is 140 cm³/mol. The first-order valence-corrected chi connectivity index (χ1v) is 10.8. The fourth-order valence-corrected chi connectivity index (χ4v) is 2.85. The maximum absolute atomic E-state index is 11.7. The van der Waals surface area contributed by atoms with Gasteiger partial charge in [-0.3, -0.25) is 9.79 Å². The Labute approximate surface area is 201 Å². The van der Waals surface area contributed by atoms with Gasteiger partial charge in [-0.05, 0) is 29.8 Å². The van der Waals surface area contributed by atoms with Crippen LogP contribution in [0.4, 0.5) is 11.4 Å². The first-order chi connectivity index (χ1) is 16.7. The van der Waals surface area contributed by atoms with E-state index in [1.807, 2.05) is 97.1 Å². The molecular formula is C30H26N2O2. The van der Waals surface area contributed by atoms with Gasteiger partial charge in [0, 0.05) is 29.7 Å². The zero-order chi connectivity index (χ0) is 23.8. The van der Waals surface area contributed by atoms with Crippen LogP contribution < -0.4 is 10.4 Å². The highest BCUT2D eigenvalue weighted by Crippen LogP contribution is 2.10. The largest absolute Gasteiger partial charge is 1.00 e. The molecule has 1 N–H and O–H groups in total. The normalized spacial score (nSPS) is 11.1. The molecule has 0 bridgehead atoms. The van der Waals surface area contributed by atoms with Gasteiger partial charge in [-0.25, -0.2) is 0 Å². The Hall–Kier alpha value is -4.70. The molecule has 0 radical (unpaired) electrons. The number of para-hydroxylation sites is 2. The predicted octanol–water partition coefficient (Wildman–Crippen LogP) is 6.40. The lowest BCUT2D eigenvalue weighted by molar-refractivity contribution is -0.243. The van der Waals surface area contributed by atoms with Crippen LogP contribution in [-0.4, -0.2) is 12.0 Å². The minimum absolute atomic E-state index is 0. The van der Waals surface area contributed by atoms with E-state index in [4.69, 9.17) is 0 Å². The average Bonchev–Trinajstić information content (AvgIpc) is 2.91. The zero-order valence-corrected chi connectivity index (χ0v) is 18.6. The topological polar surface area (TPSA) is 64.5 Å². The summed E-state index contributed by atoms with van der Waals surface area (Å²) >= 11 is 0. The molecule has 168 valence electrons. The van der Waals surface area contributed by atoms with Crippen LogP contribution in [0, 0.1) is 0 Å². The van der Waals surface area contributed by atoms with Gasteiger partial charge >= 0.3 is 1.43 Å². The zero-order valence-electron chi connectivity index (χ0n) is 19.6. The highest BCUT2D eigenvalue weighted by atomic mass is 16.3. The number of allylic oxidation sites excluding steroid dienone is 2. The minimum atomic E-state index is -0.0368. The fraction of sp³-hybridized carbons (Fsp3) is 0. The second-order valence-corrected chi connectivity index (χ2v) is 7.08. The van der Waals surface area contributed by atoms with Crippen molar-refractivity contribution in [1.82, 2.24) is 0 Å². The van der Waals surface area contributed by atoms with Crippen molar-refractivity contribution in [3.05, 3.63) is 151 Å². The maximum atomic E-state index is 11.7. The number of benzene rings is 4. The Morgan fingerprint density at radius 1 is 0.706 bits per heavy atom. The van der Waals surface area contributed by atoms with Crippen molar-refractivity contribution in [3.8, 4) is 0 Å². The van der Waals surface area contributed by atoms with Crippen molar-refractivity contribution in [2.24, 2.45) is 4.99 Å². The van der Waals surface area contributed by atoms with Gasteiger partial charge in [-0.15, -0.1) is 5.76 Å². The highest BCUT2D eigenvalue weighted by Gasteiger charge is 1.98. The lowest BCUT2D eigenvalue weighted by Crippen LogP contribution is -2.01. The third-order valence-corrected chi connectivity index (χ3v) is 4.58. The second-order valence-electron chi connectivity index (χ2n) is 7.08. The van der Waals surface area contributed by atoms with Crippen molar-refractivity contribution >= 4 is 29.1 Å². The molecule has 0 atom stereocenters. The van der Waals surface area contributed by atoms with Gasteiger partial charge in [0.05, 0.1) is 5.69 Å². The summed E-state index contributed by atoms with van der Waals surface area (Å²) in [4.78, 5) is 15.9. The lowest BCUT2D eigenvalue weighted by Gasteiger charge is -2.09. The number of carbonyl (C=O) groups excluding carboxylic acids is 1. The van der Waals surface area contributed by atoms with Crippen LogP contribution in [-0.2, 0) is 0 Å². The summed E-state index contributed by atoms with van der Waals surface area (Å²) in [6.45, 7) is 0. The van der Waals surface area contributed by atoms with Crippen LogP contribution in [0.3, 0.4) is 0 Å². The van der Waals surface area contributed by atoms with Crippen molar-refractivity contribution in [3.63, 3.8) is 0 Å². The summed E-state index contributed by atoms with van der Waals surface area (Å²) < 4.78 is 0. The third kappa shape index (κ3) is 8.44. The molecule has 0 saturated carbocycles. The molecule has 4 rings (SSSR count). The summed E-state index contributed by atoms with van der Waals surface area (Å²) in [5, 5.41) is 14.7. The molecule has 0 saturated heterocycles. The summed E-state index contributed by atoms with van der Waals surface area (Å²) in [6, 6.07) is 37.6. The molecule has 0 fully saturated rings. The van der Waals surface area contributed by atoms with Gasteiger partial charge in [0.15, 0.2) is 5.78 Å². The van der Waals surface area contributed by atoms with Crippen LogP contribution in [0.15, 0.2) is 145 Å². The van der Waals surface area contributed by atoms with E-state index in [0.717, 1.165) is 11.4 Å². The van der Waals surface area contributed by atoms with E-state index in [0.29, 0.717) is 11.1 Å². The molecular weight excluding hydrogens is 420 g/mol. The number of nitrogens with one attached hydrogen (secondary N) is 1. The Bertz CT molecular complexity index is 1220. The van der Waals surface area contributed by atoms with E-state index in [9.17, 15) is 9.90 Å². The number of nitrogens with zero attached hydrogens (tertiary/aromatic N) is 1. The quantitative estimate of drug-likeness (QED) is 0.155. The molecule has 34 heavy (non-hydrogen) atoms. The summed E-state index contributed by atoms with van der Waals surface area (Å²) in [5.41, 5.74) is 3.17. The fourth-order valence-electron chi connectivity index (χ4n) is 2.85. The van der Waals surface area contributed by atoms with Gasteiger partial charge in [0.2, 0.25) is 0 Å². The standard InChI is InChI=1S/2C15H13NO/c2*17-15(13-7-3-1-4-8-13)11-12-16-14-9-5-2-6-10-14/h1-12,17H;1-12,16H/b15-11-,16-12?;12-11-. The highest BCUT2D eigenvalue weighted by molar-refractivity contribution is 6.04. The van der Waals surface area contributed by atoms with Gasteiger partial charge in [-0.1, -0.05) is 103 Å². The molecule has 0 aromatic heterocycles. The van der Waals surface area contributed by atoms with Crippen LogP contribution in [0.5, 0.6) is 0 Å². The molecule has 0 heterocycles. The number of hydrogen-bond donors (Lipinski definition) is 1. The van der Waals surface area contributed by atoms with E-state index in [2.05, 4.69) is 10.3 Å². The Morgan fingerprint density at radius 2 is 1.21 bits per heavy atom. The second kappa shape index (κ2) is 13.7. The lowest BCUT2D eigenvalue weighted by atomic mass is 10.1. The van der Waals surface area contributed by atoms with Crippen LogP contribution in [0.25, 0.3) is 5.76 Å². The summed E-state index contributed by atoms with van der Waals surface area (Å²) in [6.07, 6.45) is 6.19. The number of hydrogen-bond acceptors (Lipinski definition) is 4. The van der Waals surface area contributed by atoms with E-state index in [1.165, 1.54) is 18.4 Å². The van der Waals surface area contributed by atoms with Crippen molar-refractivity contribution in [1.29, 1.82) is 0 Å². The maximum Gasteiger partial charge on any atom is 1.00 e. The number of carbonyl (C=O) groups is 1. The summed E-state index contributed by atoms with van der Waals surface area (Å²) in [5.74, 6) is -0.0423. The van der Waals surface area contributed by atoms with E-state index in [-0.39, 0.29) is 13.0 Å². The number of ketones is 1. The third-order valence-electron chi connectivity index (χ3n) is 4.58. The molecule has 0 unspecified atom stereocenters. The van der Waals surface area contributed by atoms with E-state index < -0.39 is 0 Å². The van der Waals surface area contributed by atoms with Crippen molar-refractivity contribution < 1.29 is 11.3 Å². The van der Waals surface area contributed by atoms with Crippen LogP contribution in [0.1, 0.15) is 17.3 Å². The Morgan fingerprint density at radius 3 is 1.79 bits per heavy atom. The van der Waals surface area contributed by atoms with Crippen molar-refractivity contribution in [2.45, 2.75) is 0 Å². The SMILES string of the molecule is O=C(/C=C\Nc1ccccc1)c1ccccc1.[H+].[O-]/C(=C\C=Nc1ccccc1)c1ccccc1. The molecule has 0 aliphatic heterocycles. The number of rotatable bonds is 7. The molecule has 0 aliphatic rings. The van der Waals surface area contributed by atoms with Gasteiger partial charge < -0.3 is 10.4 Å².